The molecule has 9 heteroatoms. The van der Waals surface area contributed by atoms with Crippen molar-refractivity contribution in [1.82, 2.24) is 17.1 Å². The van der Waals surface area contributed by atoms with Crippen LogP contribution in [0.2, 0.25) is 0 Å². The molecule has 4 aromatic heterocycles. The summed E-state index contributed by atoms with van der Waals surface area (Å²) in [5, 5.41) is 0. The minimum atomic E-state index is -1.83. The van der Waals surface area contributed by atoms with Crippen LogP contribution in [0.4, 0.5) is 0 Å². The van der Waals surface area contributed by atoms with Gasteiger partial charge in [-0.3, -0.25) is 14.3 Å². The van der Waals surface area contributed by atoms with Crippen LogP contribution in [-0.2, 0) is 6.54 Å². The molecule has 4 aromatic rings. The molecule has 1 atom stereocenters. The van der Waals surface area contributed by atoms with Crippen LogP contribution >= 0.6 is 11.1 Å². The summed E-state index contributed by atoms with van der Waals surface area (Å²) in [5.41, 5.74) is -1.54. The Bertz CT molecular complexity index is 1020. The van der Waals surface area contributed by atoms with E-state index in [1.54, 1.807) is 0 Å². The molecule has 2 bridgehead atoms. The van der Waals surface area contributed by atoms with Gasteiger partial charge in [0, 0.05) is 6.54 Å². The number of imidazole rings is 1. The van der Waals surface area contributed by atoms with Crippen molar-refractivity contribution in [1.29, 1.82) is 0 Å². The normalized spacial score (nSPS) is 12.8. The van der Waals surface area contributed by atoms with Gasteiger partial charge in [-0.2, -0.15) is 0 Å². The molecule has 0 aromatic carbocycles. The molecule has 144 valence electrons. The number of nitrogens with zero attached hydrogens (tertiary/aromatic N) is 3. The Balaban J connectivity index is 1.53. The Morgan fingerprint density at radius 3 is 2.04 bits per heavy atom. The summed E-state index contributed by atoms with van der Waals surface area (Å²) >= 11 is -1.83. The minimum Gasteiger partial charge on any atom is -0.548 e. The summed E-state index contributed by atoms with van der Waals surface area (Å²) in [5.74, 6) is 0. The second-order valence-electron chi connectivity index (χ2n) is 6.87. The van der Waals surface area contributed by atoms with Gasteiger partial charge in [0.05, 0.1) is 0 Å². The SMILES string of the molecule is CCCCCCCCCCCCn1c(=O)[nH]c2c(=O)n3c(=O)n(c21)[s+]3[O-]. The van der Waals surface area contributed by atoms with Gasteiger partial charge in [0.2, 0.25) is 5.65 Å². The molecular weight excluding hydrogens is 356 g/mol. The lowest BCUT2D eigenvalue weighted by atomic mass is 10.1. The highest BCUT2D eigenvalue weighted by Gasteiger charge is 2.29. The van der Waals surface area contributed by atoms with Crippen LogP contribution in [0.15, 0.2) is 14.4 Å². The predicted molar refractivity (Wildman–Crippen MR) is 101 cm³/mol. The van der Waals surface area contributed by atoms with Gasteiger partial charge in [-0.15, -0.1) is 0 Å². The average Bonchev–Trinajstić information content (AvgIpc) is 2.94. The lowest BCUT2D eigenvalue weighted by Gasteiger charge is -2.09. The number of rotatable bonds is 11. The zero-order valence-corrected chi connectivity index (χ0v) is 16.0. The smallest absolute Gasteiger partial charge is 0.427 e. The van der Waals surface area contributed by atoms with Crippen LogP contribution in [0.3, 0.4) is 0 Å². The lowest BCUT2D eigenvalue weighted by molar-refractivity contribution is 0.530. The fraction of sp³-hybridized carbons (Fsp3) is 0.706. The zero-order valence-electron chi connectivity index (χ0n) is 15.2. The molecule has 4 rings (SSSR count). The van der Waals surface area contributed by atoms with Crippen LogP contribution in [-0.4, -0.2) is 21.7 Å². The Morgan fingerprint density at radius 1 is 0.885 bits per heavy atom. The topological polar surface area (TPSA) is 104 Å². The van der Waals surface area contributed by atoms with Crippen molar-refractivity contribution in [2.24, 2.45) is 0 Å². The first-order chi connectivity index (χ1) is 12.6. The second-order valence-corrected chi connectivity index (χ2v) is 8.06. The van der Waals surface area contributed by atoms with E-state index in [9.17, 15) is 18.9 Å². The fourth-order valence-electron chi connectivity index (χ4n) is 3.48. The van der Waals surface area contributed by atoms with Gasteiger partial charge in [-0.25, -0.2) is 9.59 Å². The highest BCUT2D eigenvalue weighted by molar-refractivity contribution is 7.15. The van der Waals surface area contributed by atoms with E-state index in [1.807, 2.05) is 0 Å². The molecule has 0 spiro atoms. The molecule has 26 heavy (non-hydrogen) atoms. The number of aromatic nitrogens is 4. The number of hydrogen-bond donors (Lipinski definition) is 1. The molecule has 0 amide bonds. The number of H-pyrrole nitrogens is 1. The van der Waals surface area contributed by atoms with E-state index in [1.165, 1.54) is 49.5 Å². The van der Waals surface area contributed by atoms with E-state index in [2.05, 4.69) is 11.9 Å². The van der Waals surface area contributed by atoms with Crippen molar-refractivity contribution in [3.63, 3.8) is 0 Å². The molecule has 0 radical (unpaired) electrons. The third-order valence-corrected chi connectivity index (χ3v) is 6.22. The molecule has 0 saturated heterocycles. The van der Waals surface area contributed by atoms with Gasteiger partial charge in [-0.05, 0) is 14.0 Å². The summed E-state index contributed by atoms with van der Waals surface area (Å²) in [4.78, 5) is 38.5. The summed E-state index contributed by atoms with van der Waals surface area (Å²) in [6, 6.07) is 0. The Labute approximate surface area is 153 Å². The molecule has 0 fully saturated rings. The quantitative estimate of drug-likeness (QED) is 0.406. The van der Waals surface area contributed by atoms with E-state index in [0.29, 0.717) is 10.3 Å². The first kappa shape index (κ1) is 18.9. The Kier molecular flexibility index (Phi) is 5.98. The summed E-state index contributed by atoms with van der Waals surface area (Å²) in [6.45, 7) is 2.63. The van der Waals surface area contributed by atoms with Crippen molar-refractivity contribution in [3.05, 3.63) is 31.3 Å². The van der Waals surface area contributed by atoms with Gasteiger partial charge in [-0.1, -0.05) is 64.7 Å². The molecule has 1 unspecified atom stereocenters. The van der Waals surface area contributed by atoms with Crippen molar-refractivity contribution in [2.75, 3.05) is 0 Å². The largest absolute Gasteiger partial charge is 0.548 e. The van der Waals surface area contributed by atoms with E-state index in [4.69, 9.17) is 0 Å². The van der Waals surface area contributed by atoms with Gasteiger partial charge in [0.25, 0.3) is 0 Å². The maximum Gasteiger partial charge on any atom is 0.427 e. The second kappa shape index (κ2) is 8.22. The molecule has 0 aliphatic rings. The van der Waals surface area contributed by atoms with Crippen LogP contribution in [0.1, 0.15) is 71.1 Å². The number of hydrogen-bond acceptors (Lipinski definition) is 4. The molecular formula is C17H26N4O4S. The lowest BCUT2D eigenvalue weighted by Crippen LogP contribution is -2.40. The zero-order chi connectivity index (χ0) is 18.7. The van der Waals surface area contributed by atoms with Crippen LogP contribution in [0.25, 0.3) is 11.2 Å². The van der Waals surface area contributed by atoms with Crippen molar-refractivity contribution >= 4 is 22.3 Å². The highest BCUT2D eigenvalue weighted by atomic mass is 32.2. The van der Waals surface area contributed by atoms with Crippen LogP contribution < -0.4 is 16.9 Å². The monoisotopic (exact) mass is 382 g/mol. The van der Waals surface area contributed by atoms with Crippen LogP contribution in [0.5, 0.6) is 0 Å². The van der Waals surface area contributed by atoms with Gasteiger partial charge in [0.15, 0.2) is 16.7 Å². The van der Waals surface area contributed by atoms with E-state index < -0.39 is 28.1 Å². The van der Waals surface area contributed by atoms with Crippen LogP contribution in [0, 0.1) is 0 Å². The summed E-state index contributed by atoms with van der Waals surface area (Å²) in [6.07, 6.45) is 11.8. The van der Waals surface area contributed by atoms with Crippen molar-refractivity contribution < 1.29 is 4.55 Å². The van der Waals surface area contributed by atoms with E-state index >= 15 is 0 Å². The third-order valence-electron chi connectivity index (χ3n) is 4.94. The number of nitrogens with one attached hydrogen (secondary N) is 1. The first-order valence-electron chi connectivity index (χ1n) is 9.51. The molecule has 4 heterocycles. The number of aromatic amines is 1. The van der Waals surface area contributed by atoms with Gasteiger partial charge >= 0.3 is 16.9 Å². The maximum absolute atomic E-state index is 12.1. The molecule has 0 saturated carbocycles. The first-order valence-corrected chi connectivity index (χ1v) is 10.6. The average molecular weight is 382 g/mol. The van der Waals surface area contributed by atoms with E-state index in [-0.39, 0.29) is 11.2 Å². The van der Waals surface area contributed by atoms with Crippen molar-refractivity contribution in [2.45, 2.75) is 77.7 Å². The van der Waals surface area contributed by atoms with E-state index in [0.717, 1.165) is 23.1 Å². The van der Waals surface area contributed by atoms with Crippen molar-refractivity contribution in [3.8, 4) is 0 Å². The van der Waals surface area contributed by atoms with Gasteiger partial charge in [0.1, 0.15) is 0 Å². The number of aryl methyl sites for hydroxylation is 1. The molecule has 0 aliphatic heterocycles. The Morgan fingerprint density at radius 2 is 1.46 bits per heavy atom. The molecule has 0 aliphatic carbocycles. The summed E-state index contributed by atoms with van der Waals surface area (Å²) < 4.78 is 14.9. The fourth-order valence-corrected chi connectivity index (χ4v) is 4.53. The maximum atomic E-state index is 12.1. The molecule has 1 N–H and O–H groups in total. The van der Waals surface area contributed by atoms with Gasteiger partial charge < -0.3 is 4.55 Å². The predicted octanol–water partition coefficient (Wildman–Crippen LogP) is 2.49. The standard InChI is InChI=1S/C17H26N4O4S/c1-2-3-4-5-6-7-8-9-10-11-12-19-14-13(18-16(19)23)15(22)21-17(24)20(14)26(21)25/h2-12H2,1H3,(H,18,23). The minimum absolute atomic E-state index is 0.0567. The Hall–Kier alpha value is -1.87. The summed E-state index contributed by atoms with van der Waals surface area (Å²) in [7, 11) is 0. The third kappa shape index (κ3) is 3.37. The highest BCUT2D eigenvalue weighted by Crippen LogP contribution is 2.16. The molecule has 8 nitrogen and oxygen atoms in total. The number of unbranched alkanes of at least 4 members (excludes halogenated alkanes) is 9.